The standard InChI is InChI=1S/C12H25N3S.HI/c1-3-5-6-7-8-14-12(13)15-9-11-16-10-4-2;/h4H,2-3,5-11H2,1H3,(H3,13,14,15);1H. The minimum absolute atomic E-state index is 0. The van der Waals surface area contributed by atoms with Crippen LogP contribution in [0.5, 0.6) is 0 Å². The van der Waals surface area contributed by atoms with Gasteiger partial charge in [-0.15, -0.1) is 30.6 Å². The van der Waals surface area contributed by atoms with Crippen molar-refractivity contribution in [2.24, 2.45) is 10.7 Å². The highest BCUT2D eigenvalue weighted by Crippen LogP contribution is 1.98. The van der Waals surface area contributed by atoms with Crippen molar-refractivity contribution in [2.45, 2.75) is 32.6 Å². The Morgan fingerprint density at radius 1 is 1.41 bits per heavy atom. The topological polar surface area (TPSA) is 50.4 Å². The molecule has 0 aromatic rings. The Morgan fingerprint density at radius 2 is 2.18 bits per heavy atom. The van der Waals surface area contributed by atoms with Crippen LogP contribution in [0.2, 0.25) is 0 Å². The van der Waals surface area contributed by atoms with E-state index in [1.165, 1.54) is 19.3 Å². The molecule has 3 N–H and O–H groups in total. The van der Waals surface area contributed by atoms with Gasteiger partial charge in [0.15, 0.2) is 5.96 Å². The average molecular weight is 371 g/mol. The van der Waals surface area contributed by atoms with Gasteiger partial charge in [-0.2, -0.15) is 11.8 Å². The second kappa shape index (κ2) is 16.1. The lowest BCUT2D eigenvalue weighted by atomic mass is 10.2. The Kier molecular flexibility index (Phi) is 18.4. The van der Waals surface area contributed by atoms with E-state index in [9.17, 15) is 0 Å². The van der Waals surface area contributed by atoms with Crippen molar-refractivity contribution >= 4 is 41.7 Å². The normalized spacial score (nSPS) is 10.8. The zero-order valence-electron chi connectivity index (χ0n) is 10.8. The number of nitrogens with two attached hydrogens (primary N) is 1. The molecule has 102 valence electrons. The molecule has 0 bridgehead atoms. The van der Waals surface area contributed by atoms with E-state index < -0.39 is 0 Å². The zero-order chi connectivity index (χ0) is 12.1. The molecule has 0 saturated heterocycles. The lowest BCUT2D eigenvalue weighted by Gasteiger charge is -2.04. The maximum Gasteiger partial charge on any atom is 0.188 e. The molecular weight excluding hydrogens is 345 g/mol. The van der Waals surface area contributed by atoms with Crippen molar-refractivity contribution in [1.82, 2.24) is 5.32 Å². The molecule has 0 aliphatic carbocycles. The fraction of sp³-hybridized carbons (Fsp3) is 0.750. The van der Waals surface area contributed by atoms with Crippen LogP contribution < -0.4 is 11.1 Å². The summed E-state index contributed by atoms with van der Waals surface area (Å²) >= 11 is 1.84. The summed E-state index contributed by atoms with van der Waals surface area (Å²) < 4.78 is 0. The Hall–Kier alpha value is 0.0900. The van der Waals surface area contributed by atoms with Crippen LogP contribution in [0, 0.1) is 0 Å². The molecule has 0 aromatic carbocycles. The first kappa shape index (κ1) is 19.4. The smallest absolute Gasteiger partial charge is 0.188 e. The Labute approximate surface area is 127 Å². The van der Waals surface area contributed by atoms with Crippen molar-refractivity contribution in [2.75, 3.05) is 24.6 Å². The molecule has 0 fully saturated rings. The highest BCUT2D eigenvalue weighted by atomic mass is 127. The van der Waals surface area contributed by atoms with Crippen molar-refractivity contribution in [3.8, 4) is 0 Å². The fourth-order valence-electron chi connectivity index (χ4n) is 1.21. The third kappa shape index (κ3) is 16.1. The van der Waals surface area contributed by atoms with Crippen LogP contribution in [0.4, 0.5) is 0 Å². The van der Waals surface area contributed by atoms with Crippen LogP contribution in [0.25, 0.3) is 0 Å². The molecule has 0 aliphatic rings. The number of thioether (sulfide) groups is 1. The lowest BCUT2D eigenvalue weighted by Crippen LogP contribution is -2.33. The van der Waals surface area contributed by atoms with E-state index in [4.69, 9.17) is 5.73 Å². The van der Waals surface area contributed by atoms with Crippen molar-refractivity contribution in [3.05, 3.63) is 12.7 Å². The summed E-state index contributed by atoms with van der Waals surface area (Å²) in [5, 5.41) is 3.11. The molecule has 0 unspecified atom stereocenters. The first-order valence-corrected chi connectivity index (χ1v) is 7.19. The van der Waals surface area contributed by atoms with Gasteiger partial charge in [0.1, 0.15) is 0 Å². The third-order valence-electron chi connectivity index (χ3n) is 2.08. The highest BCUT2D eigenvalue weighted by molar-refractivity contribution is 14.0. The number of hydrogen-bond acceptors (Lipinski definition) is 2. The first-order chi connectivity index (χ1) is 7.81. The summed E-state index contributed by atoms with van der Waals surface area (Å²) in [5.74, 6) is 2.61. The average Bonchev–Trinajstić information content (AvgIpc) is 2.28. The molecule has 0 aliphatic heterocycles. The van der Waals surface area contributed by atoms with E-state index in [-0.39, 0.29) is 24.0 Å². The second-order valence-corrected chi connectivity index (χ2v) is 4.77. The van der Waals surface area contributed by atoms with Gasteiger partial charge in [0.2, 0.25) is 0 Å². The summed E-state index contributed by atoms with van der Waals surface area (Å²) in [4.78, 5) is 4.27. The van der Waals surface area contributed by atoms with E-state index in [1.807, 2.05) is 17.8 Å². The van der Waals surface area contributed by atoms with Crippen molar-refractivity contribution < 1.29 is 0 Å². The SMILES string of the molecule is C=CCSCCNC(N)=NCCCCCC.I. The molecule has 0 atom stereocenters. The van der Waals surface area contributed by atoms with Gasteiger partial charge < -0.3 is 11.1 Å². The number of aliphatic imine (C=N–C) groups is 1. The van der Waals surface area contributed by atoms with Gasteiger partial charge in [-0.05, 0) is 6.42 Å². The first-order valence-electron chi connectivity index (χ1n) is 6.03. The van der Waals surface area contributed by atoms with Crippen LogP contribution in [0.1, 0.15) is 32.6 Å². The van der Waals surface area contributed by atoms with Gasteiger partial charge in [0, 0.05) is 24.6 Å². The molecule has 0 heterocycles. The number of nitrogens with one attached hydrogen (secondary N) is 1. The second-order valence-electron chi connectivity index (χ2n) is 3.62. The molecule has 3 nitrogen and oxygen atoms in total. The Balaban J connectivity index is 0. The summed E-state index contributed by atoms with van der Waals surface area (Å²) in [5.41, 5.74) is 5.71. The maximum absolute atomic E-state index is 5.71. The zero-order valence-corrected chi connectivity index (χ0v) is 13.9. The molecule has 0 saturated carbocycles. The van der Waals surface area contributed by atoms with E-state index in [2.05, 4.69) is 23.8 Å². The van der Waals surface area contributed by atoms with Crippen LogP contribution in [-0.2, 0) is 0 Å². The number of unbranched alkanes of at least 4 members (excludes halogenated alkanes) is 3. The molecule has 0 spiro atoms. The fourth-order valence-corrected chi connectivity index (χ4v) is 1.79. The monoisotopic (exact) mass is 371 g/mol. The van der Waals surface area contributed by atoms with Crippen LogP contribution >= 0.6 is 35.7 Å². The van der Waals surface area contributed by atoms with E-state index in [1.54, 1.807) is 0 Å². The van der Waals surface area contributed by atoms with Crippen molar-refractivity contribution in [3.63, 3.8) is 0 Å². The Bertz CT molecular complexity index is 198. The maximum atomic E-state index is 5.71. The predicted octanol–water partition coefficient (Wildman–Crippen LogP) is 3.01. The molecule has 0 radical (unpaired) electrons. The van der Waals surface area contributed by atoms with Gasteiger partial charge in [0.25, 0.3) is 0 Å². The number of hydrogen-bond donors (Lipinski definition) is 2. The van der Waals surface area contributed by atoms with Crippen LogP contribution in [0.15, 0.2) is 17.6 Å². The minimum atomic E-state index is 0. The number of halogens is 1. The number of guanidine groups is 1. The van der Waals surface area contributed by atoms with E-state index >= 15 is 0 Å². The van der Waals surface area contributed by atoms with Gasteiger partial charge in [-0.3, -0.25) is 4.99 Å². The van der Waals surface area contributed by atoms with Crippen molar-refractivity contribution in [1.29, 1.82) is 0 Å². The number of nitrogens with zero attached hydrogens (tertiary/aromatic N) is 1. The predicted molar refractivity (Wildman–Crippen MR) is 91.6 cm³/mol. The molecule has 17 heavy (non-hydrogen) atoms. The van der Waals surface area contributed by atoms with Gasteiger partial charge in [-0.25, -0.2) is 0 Å². The van der Waals surface area contributed by atoms with E-state index in [0.717, 1.165) is 31.0 Å². The highest BCUT2D eigenvalue weighted by Gasteiger charge is 1.91. The van der Waals surface area contributed by atoms with Gasteiger partial charge in [0.05, 0.1) is 0 Å². The van der Waals surface area contributed by atoms with E-state index in [0.29, 0.717) is 5.96 Å². The molecular formula is C12H26IN3S. The summed E-state index contributed by atoms with van der Waals surface area (Å²) in [6.45, 7) is 7.60. The summed E-state index contributed by atoms with van der Waals surface area (Å²) in [6, 6.07) is 0. The lowest BCUT2D eigenvalue weighted by molar-refractivity contribution is 0.673. The molecule has 0 amide bonds. The van der Waals surface area contributed by atoms with Crippen LogP contribution in [-0.4, -0.2) is 30.6 Å². The molecule has 0 rings (SSSR count). The van der Waals surface area contributed by atoms with Crippen LogP contribution in [0.3, 0.4) is 0 Å². The minimum Gasteiger partial charge on any atom is -0.370 e. The largest absolute Gasteiger partial charge is 0.370 e. The summed E-state index contributed by atoms with van der Waals surface area (Å²) in [6.07, 6.45) is 6.86. The Morgan fingerprint density at radius 3 is 2.82 bits per heavy atom. The summed E-state index contributed by atoms with van der Waals surface area (Å²) in [7, 11) is 0. The third-order valence-corrected chi connectivity index (χ3v) is 3.05. The van der Waals surface area contributed by atoms with Gasteiger partial charge in [-0.1, -0.05) is 32.3 Å². The molecule has 5 heteroatoms. The molecule has 0 aromatic heterocycles. The van der Waals surface area contributed by atoms with Gasteiger partial charge >= 0.3 is 0 Å². The number of rotatable bonds is 10. The quantitative estimate of drug-likeness (QED) is 0.204.